The highest BCUT2D eigenvalue weighted by molar-refractivity contribution is 7.47. The Morgan fingerprint density at radius 3 is 0.648 bits per heavy atom. The predicted molar refractivity (Wildman–Crippen MR) is 432 cm³/mol. The summed E-state index contributed by atoms with van der Waals surface area (Å²) >= 11 is 0. The van der Waals surface area contributed by atoms with Crippen LogP contribution in [0.3, 0.4) is 0 Å². The van der Waals surface area contributed by atoms with E-state index < -0.39 is 97.5 Å². The van der Waals surface area contributed by atoms with Gasteiger partial charge in [-0.05, 0) is 43.4 Å². The number of esters is 4. The van der Waals surface area contributed by atoms with Crippen LogP contribution >= 0.6 is 15.6 Å². The molecule has 0 bridgehead atoms. The van der Waals surface area contributed by atoms with E-state index in [1.54, 1.807) is 0 Å². The Bertz CT molecular complexity index is 2030. The molecule has 5 atom stereocenters. The number of hydrogen-bond donors (Lipinski definition) is 3. The van der Waals surface area contributed by atoms with Gasteiger partial charge >= 0.3 is 39.5 Å². The van der Waals surface area contributed by atoms with Crippen molar-refractivity contribution in [3.05, 3.63) is 0 Å². The maximum Gasteiger partial charge on any atom is 0.472 e. The maximum absolute atomic E-state index is 13.1. The summed E-state index contributed by atoms with van der Waals surface area (Å²) in [6, 6.07) is 0. The molecule has 19 heteroatoms. The van der Waals surface area contributed by atoms with Crippen LogP contribution in [-0.4, -0.2) is 96.7 Å². The first kappa shape index (κ1) is 103. The SMILES string of the molecule is CCCCCCCCCCCCCCCCCCCCCCCC(=O)O[C@H](COC(=O)CCCCCCCCCCCCCCCCCCC(C)C)COP(=O)(O)OC[C@@H](O)COP(=O)(O)OC[C@@H](COC(=O)CCCCCCCCC(C)C)OC(=O)CCCCCCCCCCCCCCCC(C)C. The number of hydrogen-bond acceptors (Lipinski definition) is 15. The Kier molecular flexibility index (Phi) is 74.7. The monoisotopic (exact) mass is 1540 g/mol. The molecule has 17 nitrogen and oxygen atoms in total. The lowest BCUT2D eigenvalue weighted by Crippen LogP contribution is -2.30. The van der Waals surface area contributed by atoms with Crippen LogP contribution in [0.1, 0.15) is 453 Å². The maximum atomic E-state index is 13.1. The van der Waals surface area contributed by atoms with Crippen molar-refractivity contribution in [3.63, 3.8) is 0 Å². The minimum Gasteiger partial charge on any atom is -0.462 e. The van der Waals surface area contributed by atoms with Gasteiger partial charge in [-0.2, -0.15) is 0 Å². The fourth-order valence-corrected chi connectivity index (χ4v) is 14.9. The van der Waals surface area contributed by atoms with Crippen LogP contribution in [0.2, 0.25) is 0 Å². The van der Waals surface area contributed by atoms with Gasteiger partial charge in [-0.15, -0.1) is 0 Å². The lowest BCUT2D eigenvalue weighted by atomic mass is 10.0. The van der Waals surface area contributed by atoms with Crippen LogP contribution in [-0.2, 0) is 65.4 Å². The summed E-state index contributed by atoms with van der Waals surface area (Å²) in [5, 5.41) is 10.7. The molecule has 0 aromatic heterocycles. The van der Waals surface area contributed by atoms with Crippen LogP contribution in [0.15, 0.2) is 0 Å². The molecule has 0 fully saturated rings. The normalized spacial score (nSPS) is 13.9. The molecule has 0 spiro atoms. The van der Waals surface area contributed by atoms with Gasteiger partial charge in [0.1, 0.15) is 19.3 Å². The van der Waals surface area contributed by atoms with E-state index in [-0.39, 0.29) is 25.7 Å². The van der Waals surface area contributed by atoms with E-state index in [2.05, 4.69) is 48.5 Å². The molecule has 0 aromatic carbocycles. The minimum absolute atomic E-state index is 0.106. The number of unbranched alkanes of at least 4 members (excludes halogenated alkanes) is 52. The van der Waals surface area contributed by atoms with Gasteiger partial charge in [0.15, 0.2) is 12.2 Å². The van der Waals surface area contributed by atoms with Crippen molar-refractivity contribution >= 4 is 39.5 Å². The van der Waals surface area contributed by atoms with Gasteiger partial charge in [0.05, 0.1) is 26.4 Å². The average molecular weight is 1540 g/mol. The van der Waals surface area contributed by atoms with E-state index in [1.165, 1.54) is 257 Å². The van der Waals surface area contributed by atoms with E-state index in [0.717, 1.165) is 108 Å². The third kappa shape index (κ3) is 79.9. The summed E-state index contributed by atoms with van der Waals surface area (Å²) in [5.74, 6) is 0.171. The fourth-order valence-electron chi connectivity index (χ4n) is 13.4. The van der Waals surface area contributed by atoms with Crippen molar-refractivity contribution in [2.45, 2.75) is 471 Å². The third-order valence-electron chi connectivity index (χ3n) is 20.1. The van der Waals surface area contributed by atoms with Crippen LogP contribution < -0.4 is 0 Å². The number of aliphatic hydroxyl groups is 1. The highest BCUT2D eigenvalue weighted by atomic mass is 31.2. The molecule has 0 amide bonds. The number of phosphoric acid groups is 2. The van der Waals surface area contributed by atoms with E-state index >= 15 is 0 Å². The zero-order valence-corrected chi connectivity index (χ0v) is 71.0. The molecular formula is C86H168O17P2. The molecule has 0 aliphatic rings. The van der Waals surface area contributed by atoms with Crippen LogP contribution in [0.25, 0.3) is 0 Å². The van der Waals surface area contributed by atoms with E-state index in [9.17, 15) is 43.2 Å². The summed E-state index contributed by atoms with van der Waals surface area (Å²) < 4.78 is 68.8. The van der Waals surface area contributed by atoms with Crippen LogP contribution in [0.4, 0.5) is 0 Å². The largest absolute Gasteiger partial charge is 0.472 e. The van der Waals surface area contributed by atoms with Crippen molar-refractivity contribution in [1.29, 1.82) is 0 Å². The Hall–Kier alpha value is -1.94. The number of rotatable bonds is 84. The first-order valence-corrected chi connectivity index (χ1v) is 47.3. The second-order valence-corrected chi connectivity index (χ2v) is 35.3. The molecule has 3 N–H and O–H groups in total. The summed E-state index contributed by atoms with van der Waals surface area (Å²) in [5.41, 5.74) is 0. The van der Waals surface area contributed by atoms with Crippen molar-refractivity contribution in [3.8, 4) is 0 Å². The predicted octanol–water partition coefficient (Wildman–Crippen LogP) is 26.1. The minimum atomic E-state index is -4.97. The zero-order valence-electron chi connectivity index (χ0n) is 69.2. The molecule has 0 heterocycles. The van der Waals surface area contributed by atoms with E-state index in [1.807, 2.05) is 0 Å². The Morgan fingerprint density at radius 1 is 0.257 bits per heavy atom. The standard InChI is InChI=1S/C86H168O17P2/c1-8-9-10-11-12-13-14-15-16-17-18-19-20-21-26-31-36-41-46-55-62-69-85(90)102-81(73-96-83(88)67-60-53-45-40-35-30-25-23-22-24-28-33-38-43-50-57-64-77(2)3)75-100-104(92,93)98-71-80(87)72-99-105(94,95)101-76-82(74-97-84(89)68-61-54-49-48-52-59-66-79(6)7)103-86(91)70-63-56-47-42-37-32-27-29-34-39-44-51-58-65-78(4)5/h77-82,87H,8-76H2,1-7H3,(H,92,93)(H,94,95)/t80-,81-,82-/m1/s1. The van der Waals surface area contributed by atoms with Crippen molar-refractivity contribution < 1.29 is 80.2 Å². The van der Waals surface area contributed by atoms with Gasteiger partial charge in [0.2, 0.25) is 0 Å². The number of carbonyl (C=O) groups is 4. The topological polar surface area (TPSA) is 237 Å². The van der Waals surface area contributed by atoms with Crippen LogP contribution in [0, 0.1) is 17.8 Å². The van der Waals surface area contributed by atoms with Gasteiger partial charge in [0.25, 0.3) is 0 Å². The summed E-state index contributed by atoms with van der Waals surface area (Å²) in [7, 11) is -9.93. The second kappa shape index (κ2) is 76.1. The number of carbonyl (C=O) groups excluding carboxylic acids is 4. The lowest BCUT2D eigenvalue weighted by Gasteiger charge is -2.21. The Balaban J connectivity index is 5.21. The van der Waals surface area contributed by atoms with Gasteiger partial charge in [0, 0.05) is 25.7 Å². The highest BCUT2D eigenvalue weighted by Crippen LogP contribution is 2.45. The summed E-state index contributed by atoms with van der Waals surface area (Å²) in [6.07, 6.45) is 66.9. The third-order valence-corrected chi connectivity index (χ3v) is 22.0. The molecule has 105 heavy (non-hydrogen) atoms. The van der Waals surface area contributed by atoms with E-state index in [0.29, 0.717) is 31.6 Å². The van der Waals surface area contributed by atoms with Crippen LogP contribution in [0.5, 0.6) is 0 Å². The van der Waals surface area contributed by atoms with Crippen molar-refractivity contribution in [2.75, 3.05) is 39.6 Å². The highest BCUT2D eigenvalue weighted by Gasteiger charge is 2.30. The second-order valence-electron chi connectivity index (χ2n) is 32.4. The molecule has 0 saturated heterocycles. The smallest absolute Gasteiger partial charge is 0.462 e. The molecule has 624 valence electrons. The molecule has 0 aromatic rings. The number of ether oxygens (including phenoxy) is 4. The molecular weight excluding hydrogens is 1370 g/mol. The van der Waals surface area contributed by atoms with E-state index in [4.69, 9.17) is 37.0 Å². The van der Waals surface area contributed by atoms with Crippen molar-refractivity contribution in [2.24, 2.45) is 17.8 Å². The zero-order chi connectivity index (χ0) is 77.2. The molecule has 0 aliphatic heterocycles. The number of aliphatic hydroxyl groups excluding tert-OH is 1. The van der Waals surface area contributed by atoms with Gasteiger partial charge in [-0.1, -0.05) is 402 Å². The van der Waals surface area contributed by atoms with Gasteiger partial charge in [-0.3, -0.25) is 37.3 Å². The summed E-state index contributed by atoms with van der Waals surface area (Å²) in [4.78, 5) is 73.2. The molecule has 0 saturated carbocycles. The molecule has 0 rings (SSSR count). The lowest BCUT2D eigenvalue weighted by molar-refractivity contribution is -0.161. The van der Waals surface area contributed by atoms with Gasteiger partial charge < -0.3 is 33.8 Å². The Labute approximate surface area is 645 Å². The average Bonchev–Trinajstić information content (AvgIpc) is 0.978. The Morgan fingerprint density at radius 2 is 0.438 bits per heavy atom. The number of phosphoric ester groups is 2. The first-order valence-electron chi connectivity index (χ1n) is 44.3. The quantitative estimate of drug-likeness (QED) is 0.0222. The van der Waals surface area contributed by atoms with Gasteiger partial charge in [-0.25, -0.2) is 9.13 Å². The fraction of sp³-hybridized carbons (Fsp3) is 0.953. The molecule has 0 radical (unpaired) electrons. The molecule has 0 aliphatic carbocycles. The van der Waals surface area contributed by atoms with Crippen molar-refractivity contribution in [1.82, 2.24) is 0 Å². The first-order chi connectivity index (χ1) is 50.7. The summed E-state index contributed by atoms with van der Waals surface area (Å²) in [6.45, 7) is 11.9. The molecule has 2 unspecified atom stereocenters.